The number of rotatable bonds is 6. The highest BCUT2D eigenvalue weighted by Gasteiger charge is 2.28. The third kappa shape index (κ3) is 5.63. The van der Waals surface area contributed by atoms with Gasteiger partial charge >= 0.3 is 0 Å². The number of benzene rings is 4. The number of amidine groups is 2. The second-order valence-electron chi connectivity index (χ2n) is 12.8. The van der Waals surface area contributed by atoms with E-state index in [4.69, 9.17) is 19.4 Å². The van der Waals surface area contributed by atoms with Gasteiger partial charge in [0.25, 0.3) is 0 Å². The summed E-state index contributed by atoms with van der Waals surface area (Å²) in [4.78, 5) is 15.7. The van der Waals surface area contributed by atoms with Gasteiger partial charge in [-0.3, -0.25) is 0 Å². The lowest BCUT2D eigenvalue weighted by molar-refractivity contribution is 0.512. The molecule has 3 aliphatic rings. The van der Waals surface area contributed by atoms with E-state index in [1.54, 1.807) is 0 Å². The first-order chi connectivity index (χ1) is 24.3. The van der Waals surface area contributed by atoms with Gasteiger partial charge in [-0.15, -0.1) is 0 Å². The molecule has 0 amide bonds. The monoisotopic (exact) mass is 634 g/mol. The Bertz CT molecular complexity index is 2390. The normalized spacial score (nSPS) is 20.0. The number of fused-ring (bicyclic) bond motifs is 3. The molecular weight excluding hydrogens is 601 g/mol. The molecule has 2 aromatic heterocycles. The molecule has 3 unspecified atom stereocenters. The van der Waals surface area contributed by atoms with Crippen LogP contribution in [-0.4, -0.2) is 22.8 Å². The van der Waals surface area contributed by atoms with Crippen molar-refractivity contribution in [2.45, 2.75) is 19.0 Å². The molecule has 3 atom stereocenters. The molecule has 0 saturated heterocycles. The van der Waals surface area contributed by atoms with Crippen molar-refractivity contribution in [1.82, 2.24) is 10.3 Å². The number of nitrogens with one attached hydrogen (secondary N) is 1. The highest BCUT2D eigenvalue weighted by Crippen LogP contribution is 2.38. The molecule has 3 heterocycles. The third-order valence-electron chi connectivity index (χ3n) is 9.54. The van der Waals surface area contributed by atoms with Crippen LogP contribution in [0.3, 0.4) is 0 Å². The predicted octanol–water partition coefficient (Wildman–Crippen LogP) is 10.3. The van der Waals surface area contributed by atoms with Crippen LogP contribution in [0, 0.1) is 11.8 Å². The molecule has 0 spiro atoms. The molecular formula is C44H34N4O. The molecule has 5 nitrogen and oxygen atoms in total. The molecule has 236 valence electrons. The van der Waals surface area contributed by atoms with E-state index in [9.17, 15) is 0 Å². The van der Waals surface area contributed by atoms with E-state index in [-0.39, 0.29) is 18.0 Å². The van der Waals surface area contributed by atoms with Crippen LogP contribution in [0.5, 0.6) is 0 Å². The minimum atomic E-state index is -0.225. The number of aliphatic imine (C=N–C) groups is 2. The van der Waals surface area contributed by atoms with Gasteiger partial charge in [-0.05, 0) is 54.8 Å². The van der Waals surface area contributed by atoms with Crippen LogP contribution in [-0.2, 0) is 0 Å². The van der Waals surface area contributed by atoms with E-state index in [2.05, 4.69) is 133 Å². The van der Waals surface area contributed by atoms with Gasteiger partial charge in [0.15, 0.2) is 6.17 Å². The van der Waals surface area contributed by atoms with Crippen molar-refractivity contribution < 1.29 is 4.42 Å². The number of allylic oxidation sites excluding steroid dienone is 6. The van der Waals surface area contributed by atoms with Crippen molar-refractivity contribution in [2.75, 3.05) is 0 Å². The first-order valence-corrected chi connectivity index (χ1v) is 16.9. The SMILES string of the molecule is C1=CCC(C2=NC(C3C=CC=CC3)N=C(c3cc(-c4cccc(-c5ccccc5)n4)cc(-c4cccc5c4oc4ccccc45)c3)N2)C=C1. The van der Waals surface area contributed by atoms with E-state index >= 15 is 0 Å². The zero-order chi connectivity index (χ0) is 32.6. The zero-order valence-corrected chi connectivity index (χ0v) is 26.9. The van der Waals surface area contributed by atoms with Gasteiger partial charge in [0.1, 0.15) is 22.8 Å². The second kappa shape index (κ2) is 12.5. The maximum absolute atomic E-state index is 6.53. The van der Waals surface area contributed by atoms with E-state index in [0.29, 0.717) is 0 Å². The molecule has 5 heteroatoms. The summed E-state index contributed by atoms with van der Waals surface area (Å²) in [6, 6.07) is 37.9. The van der Waals surface area contributed by atoms with Crippen LogP contribution in [0.4, 0.5) is 0 Å². The molecule has 0 fully saturated rings. The molecule has 2 aliphatic carbocycles. The number of hydrogen-bond donors (Lipinski definition) is 1. The summed E-state index contributed by atoms with van der Waals surface area (Å²) >= 11 is 0. The van der Waals surface area contributed by atoms with Crippen LogP contribution in [0.15, 0.2) is 172 Å². The van der Waals surface area contributed by atoms with Crippen molar-refractivity contribution >= 4 is 33.6 Å². The smallest absolute Gasteiger partial charge is 0.150 e. The summed E-state index contributed by atoms with van der Waals surface area (Å²) in [7, 11) is 0. The molecule has 4 aromatic carbocycles. The van der Waals surface area contributed by atoms with Crippen molar-refractivity contribution in [3.05, 3.63) is 163 Å². The lowest BCUT2D eigenvalue weighted by Gasteiger charge is -2.29. The van der Waals surface area contributed by atoms with E-state index < -0.39 is 0 Å². The average Bonchev–Trinajstić information content (AvgIpc) is 3.58. The molecule has 0 radical (unpaired) electrons. The van der Waals surface area contributed by atoms with Crippen LogP contribution in [0.2, 0.25) is 0 Å². The third-order valence-corrected chi connectivity index (χ3v) is 9.54. The summed E-state index contributed by atoms with van der Waals surface area (Å²) in [5, 5.41) is 5.90. The van der Waals surface area contributed by atoms with Gasteiger partial charge in [0, 0.05) is 44.9 Å². The van der Waals surface area contributed by atoms with Crippen molar-refractivity contribution in [1.29, 1.82) is 0 Å². The van der Waals surface area contributed by atoms with Crippen LogP contribution in [0.25, 0.3) is 55.6 Å². The summed E-state index contributed by atoms with van der Waals surface area (Å²) in [6.07, 6.45) is 18.9. The molecule has 6 aromatic rings. The maximum Gasteiger partial charge on any atom is 0.150 e. The van der Waals surface area contributed by atoms with Crippen molar-refractivity contribution in [3.8, 4) is 33.6 Å². The summed E-state index contributed by atoms with van der Waals surface area (Å²) in [5.41, 5.74) is 8.71. The quantitative estimate of drug-likeness (QED) is 0.198. The number of pyridine rings is 1. The standard InChI is InChI=1S/C44H34N4O/c1-4-14-29(15-5-1)38-23-13-24-39(45-38)33-26-32(35-21-12-22-37-36-20-10-11-25-40(36)49-41(35)37)27-34(28-33)44-47-42(30-16-6-2-7-17-30)46-43(48-44)31-18-8-3-9-19-31/h1-16,18,20-28,30-31,42H,17,19H2,(H,46,47,48). The minimum Gasteiger partial charge on any atom is -0.455 e. The average molecular weight is 635 g/mol. The van der Waals surface area contributed by atoms with Gasteiger partial charge in [-0.1, -0.05) is 121 Å². The van der Waals surface area contributed by atoms with Gasteiger partial charge in [0.2, 0.25) is 0 Å². The van der Waals surface area contributed by atoms with Crippen molar-refractivity contribution in [3.63, 3.8) is 0 Å². The molecule has 0 saturated carbocycles. The minimum absolute atomic E-state index is 0.164. The molecule has 9 rings (SSSR count). The molecule has 1 N–H and O–H groups in total. The van der Waals surface area contributed by atoms with Crippen LogP contribution in [0.1, 0.15) is 18.4 Å². The second-order valence-corrected chi connectivity index (χ2v) is 12.8. The topological polar surface area (TPSA) is 62.8 Å². The lowest BCUT2D eigenvalue weighted by atomic mass is 9.93. The van der Waals surface area contributed by atoms with Crippen LogP contribution >= 0.6 is 0 Å². The Morgan fingerprint density at radius 3 is 2.16 bits per heavy atom. The van der Waals surface area contributed by atoms with E-state index in [1.807, 2.05) is 30.3 Å². The number of para-hydroxylation sites is 2. The summed E-state index contributed by atoms with van der Waals surface area (Å²) < 4.78 is 6.53. The van der Waals surface area contributed by atoms with E-state index in [0.717, 1.165) is 85.7 Å². The Labute approximate surface area is 285 Å². The van der Waals surface area contributed by atoms with Crippen LogP contribution < -0.4 is 5.32 Å². The number of aromatic nitrogens is 1. The number of nitrogens with zero attached hydrogens (tertiary/aromatic N) is 3. The zero-order valence-electron chi connectivity index (χ0n) is 26.9. The van der Waals surface area contributed by atoms with Gasteiger partial charge < -0.3 is 9.73 Å². The first-order valence-electron chi connectivity index (χ1n) is 16.9. The molecule has 1 aliphatic heterocycles. The number of furan rings is 1. The first kappa shape index (κ1) is 29.1. The fraction of sp³-hybridized carbons (Fsp3) is 0.114. The van der Waals surface area contributed by atoms with E-state index in [1.165, 1.54) is 0 Å². The Balaban J connectivity index is 1.22. The molecule has 0 bridgehead atoms. The highest BCUT2D eigenvalue weighted by atomic mass is 16.3. The fourth-order valence-corrected chi connectivity index (χ4v) is 7.03. The largest absolute Gasteiger partial charge is 0.455 e. The summed E-state index contributed by atoms with van der Waals surface area (Å²) in [5.74, 6) is 2.13. The highest BCUT2D eigenvalue weighted by molar-refractivity contribution is 6.13. The predicted molar refractivity (Wildman–Crippen MR) is 201 cm³/mol. The summed E-state index contributed by atoms with van der Waals surface area (Å²) in [6.45, 7) is 0. The fourth-order valence-electron chi connectivity index (χ4n) is 7.03. The Kier molecular flexibility index (Phi) is 7.43. The van der Waals surface area contributed by atoms with Crippen molar-refractivity contribution in [2.24, 2.45) is 21.8 Å². The Morgan fingerprint density at radius 1 is 0.592 bits per heavy atom. The van der Waals surface area contributed by atoms with Gasteiger partial charge in [0.05, 0.1) is 11.4 Å². The van der Waals surface area contributed by atoms with Gasteiger partial charge in [-0.2, -0.15) is 0 Å². The van der Waals surface area contributed by atoms with Gasteiger partial charge in [-0.25, -0.2) is 15.0 Å². The Hall–Kier alpha value is -6.07. The Morgan fingerprint density at radius 2 is 1.33 bits per heavy atom. The number of hydrogen-bond acceptors (Lipinski definition) is 5. The maximum atomic E-state index is 6.53. The lowest BCUT2D eigenvalue weighted by Crippen LogP contribution is -2.42. The molecule has 49 heavy (non-hydrogen) atoms.